The number of hydrogen-bond donors (Lipinski definition) is 2. The van der Waals surface area contributed by atoms with Crippen LogP contribution in [-0.2, 0) is 0 Å². The molecule has 0 saturated heterocycles. The molecule has 1 amide bonds. The summed E-state index contributed by atoms with van der Waals surface area (Å²) in [4.78, 5) is 15.5. The summed E-state index contributed by atoms with van der Waals surface area (Å²) >= 11 is 0. The minimum absolute atomic E-state index is 0.0511. The van der Waals surface area contributed by atoms with E-state index >= 15 is 0 Å². The van der Waals surface area contributed by atoms with E-state index in [1.54, 1.807) is 10.8 Å². The van der Waals surface area contributed by atoms with Gasteiger partial charge < -0.3 is 15.6 Å². The Morgan fingerprint density at radius 1 is 1.36 bits per heavy atom. The Kier molecular flexibility index (Phi) is 4.98. The first kappa shape index (κ1) is 16.2. The third-order valence-electron chi connectivity index (χ3n) is 3.35. The molecule has 2 rings (SSSR count). The van der Waals surface area contributed by atoms with E-state index in [4.69, 9.17) is 5.73 Å². The van der Waals surface area contributed by atoms with Crippen LogP contribution in [0.25, 0.3) is 0 Å². The number of nitrogens with one attached hydrogen (secondary N) is 1. The normalized spacial score (nSPS) is 13.0. The number of imidazole rings is 1. The van der Waals surface area contributed by atoms with Crippen LogP contribution >= 0.6 is 0 Å². The van der Waals surface area contributed by atoms with Gasteiger partial charge in [0.1, 0.15) is 6.20 Å². The molecule has 0 aliphatic rings. The number of rotatable bonds is 6. The maximum absolute atomic E-state index is 11.6. The SMILES string of the molecule is CC(C)(C)CNCC(c1ccccc1)n1c[c]nc1C(N)=O. The molecular weight excluding hydrogens is 276 g/mol. The average Bonchev–Trinajstić information content (AvgIpc) is 2.93. The van der Waals surface area contributed by atoms with E-state index in [1.165, 1.54) is 0 Å². The zero-order valence-electron chi connectivity index (χ0n) is 13.3. The van der Waals surface area contributed by atoms with Crippen molar-refractivity contribution in [3.63, 3.8) is 0 Å². The highest BCUT2D eigenvalue weighted by Crippen LogP contribution is 2.20. The van der Waals surface area contributed by atoms with Crippen molar-refractivity contribution in [3.8, 4) is 0 Å². The van der Waals surface area contributed by atoms with E-state index in [9.17, 15) is 4.79 Å². The monoisotopic (exact) mass is 299 g/mol. The van der Waals surface area contributed by atoms with Crippen LogP contribution in [-0.4, -0.2) is 28.5 Å². The first-order valence-electron chi connectivity index (χ1n) is 7.39. The van der Waals surface area contributed by atoms with E-state index in [0.29, 0.717) is 6.54 Å². The van der Waals surface area contributed by atoms with Gasteiger partial charge in [-0.1, -0.05) is 51.1 Å². The number of benzene rings is 1. The molecule has 1 heterocycles. The number of hydrogen-bond acceptors (Lipinski definition) is 3. The summed E-state index contributed by atoms with van der Waals surface area (Å²) in [5.41, 5.74) is 6.69. The smallest absolute Gasteiger partial charge is 0.284 e. The lowest BCUT2D eigenvalue weighted by Gasteiger charge is -2.24. The standard InChI is InChI=1S/C17H23N4O/c1-17(2,3)12-19-11-14(13-7-5-4-6-8-13)21-10-9-20-16(21)15(18)22/h4-8,10,14,19H,11-12H2,1-3H3,(H2,18,22). The van der Waals surface area contributed by atoms with Crippen molar-refractivity contribution in [2.24, 2.45) is 11.1 Å². The highest BCUT2D eigenvalue weighted by Gasteiger charge is 2.20. The number of carbonyl (C=O) groups excluding carboxylic acids is 1. The second kappa shape index (κ2) is 6.75. The van der Waals surface area contributed by atoms with E-state index in [-0.39, 0.29) is 17.3 Å². The van der Waals surface area contributed by atoms with Gasteiger partial charge in [-0.25, -0.2) is 4.98 Å². The summed E-state index contributed by atoms with van der Waals surface area (Å²) in [6, 6.07) is 9.96. The number of nitrogens with two attached hydrogens (primary N) is 1. The van der Waals surface area contributed by atoms with E-state index in [2.05, 4.69) is 37.3 Å². The minimum Gasteiger partial charge on any atom is -0.363 e. The Hall–Kier alpha value is -2.14. The van der Waals surface area contributed by atoms with Crippen molar-refractivity contribution in [1.82, 2.24) is 14.9 Å². The molecule has 0 fully saturated rings. The van der Waals surface area contributed by atoms with Crippen LogP contribution in [0.3, 0.4) is 0 Å². The second-order valence-corrected chi connectivity index (χ2v) is 6.58. The third kappa shape index (κ3) is 4.18. The summed E-state index contributed by atoms with van der Waals surface area (Å²) in [7, 11) is 0. The number of nitrogens with zero attached hydrogens (tertiary/aromatic N) is 2. The van der Waals surface area contributed by atoms with E-state index in [1.807, 2.05) is 30.3 Å². The number of primary amides is 1. The average molecular weight is 299 g/mol. The number of aromatic nitrogens is 2. The molecule has 0 aliphatic carbocycles. The van der Waals surface area contributed by atoms with Crippen LogP contribution in [0.5, 0.6) is 0 Å². The first-order valence-corrected chi connectivity index (χ1v) is 7.39. The second-order valence-electron chi connectivity index (χ2n) is 6.58. The lowest BCUT2D eigenvalue weighted by atomic mass is 9.96. The lowest BCUT2D eigenvalue weighted by molar-refractivity contribution is 0.0985. The molecule has 2 aromatic rings. The van der Waals surface area contributed by atoms with Crippen molar-refractivity contribution in [1.29, 1.82) is 0 Å². The zero-order valence-corrected chi connectivity index (χ0v) is 13.3. The van der Waals surface area contributed by atoms with Crippen molar-refractivity contribution >= 4 is 5.91 Å². The fraction of sp³-hybridized carbons (Fsp3) is 0.412. The fourth-order valence-corrected chi connectivity index (χ4v) is 2.33. The molecule has 1 aromatic carbocycles. The van der Waals surface area contributed by atoms with Crippen molar-refractivity contribution < 1.29 is 4.79 Å². The van der Waals surface area contributed by atoms with Gasteiger partial charge in [0.05, 0.1) is 6.04 Å². The van der Waals surface area contributed by atoms with E-state index < -0.39 is 5.91 Å². The molecule has 1 radical (unpaired) electrons. The van der Waals surface area contributed by atoms with Crippen LogP contribution in [0.2, 0.25) is 0 Å². The molecule has 0 bridgehead atoms. The van der Waals surface area contributed by atoms with Crippen LogP contribution < -0.4 is 11.1 Å². The van der Waals surface area contributed by atoms with Gasteiger partial charge in [-0.2, -0.15) is 0 Å². The topological polar surface area (TPSA) is 72.9 Å². The molecule has 1 aromatic heterocycles. The van der Waals surface area contributed by atoms with Gasteiger partial charge in [0.2, 0.25) is 0 Å². The van der Waals surface area contributed by atoms with Gasteiger partial charge in [0, 0.05) is 19.3 Å². The predicted octanol–water partition coefficient (Wildman–Crippen LogP) is 2.01. The van der Waals surface area contributed by atoms with Gasteiger partial charge in [-0.3, -0.25) is 4.79 Å². The highest BCUT2D eigenvalue weighted by molar-refractivity contribution is 5.89. The quantitative estimate of drug-likeness (QED) is 0.857. The summed E-state index contributed by atoms with van der Waals surface area (Å²) in [5, 5.41) is 3.46. The highest BCUT2D eigenvalue weighted by atomic mass is 16.1. The van der Waals surface area contributed by atoms with Gasteiger partial charge in [-0.05, 0) is 11.0 Å². The molecule has 5 heteroatoms. The molecule has 0 aliphatic heterocycles. The number of carbonyl (C=O) groups is 1. The van der Waals surface area contributed by atoms with Gasteiger partial charge in [-0.15, -0.1) is 0 Å². The van der Waals surface area contributed by atoms with Crippen LogP contribution in [0, 0.1) is 11.6 Å². The van der Waals surface area contributed by atoms with Crippen molar-refractivity contribution in [2.45, 2.75) is 26.8 Å². The Balaban J connectivity index is 2.26. The molecule has 5 nitrogen and oxygen atoms in total. The Morgan fingerprint density at radius 3 is 2.64 bits per heavy atom. The predicted molar refractivity (Wildman–Crippen MR) is 86.5 cm³/mol. The molecule has 22 heavy (non-hydrogen) atoms. The summed E-state index contributed by atoms with van der Waals surface area (Å²) in [6.45, 7) is 8.10. The van der Waals surface area contributed by atoms with Crippen LogP contribution in [0.4, 0.5) is 0 Å². The maximum Gasteiger partial charge on any atom is 0.284 e. The van der Waals surface area contributed by atoms with Crippen LogP contribution in [0.15, 0.2) is 36.5 Å². The van der Waals surface area contributed by atoms with Gasteiger partial charge in [0.15, 0.2) is 5.82 Å². The Bertz CT molecular complexity index is 613. The molecule has 1 atom stereocenters. The van der Waals surface area contributed by atoms with Crippen molar-refractivity contribution in [2.75, 3.05) is 13.1 Å². The summed E-state index contributed by atoms with van der Waals surface area (Å²) < 4.78 is 1.79. The van der Waals surface area contributed by atoms with E-state index in [0.717, 1.165) is 12.1 Å². The summed E-state index contributed by atoms with van der Waals surface area (Å²) in [5.74, 6) is -0.315. The Labute approximate surface area is 131 Å². The van der Waals surface area contributed by atoms with Gasteiger partial charge >= 0.3 is 0 Å². The molecule has 0 saturated carbocycles. The molecule has 1 unspecified atom stereocenters. The maximum atomic E-state index is 11.6. The first-order chi connectivity index (χ1) is 10.4. The molecule has 3 N–H and O–H groups in total. The zero-order chi connectivity index (χ0) is 16.2. The lowest BCUT2D eigenvalue weighted by Crippen LogP contribution is -2.34. The number of amides is 1. The Morgan fingerprint density at radius 2 is 2.05 bits per heavy atom. The molecule has 117 valence electrons. The third-order valence-corrected chi connectivity index (χ3v) is 3.35. The van der Waals surface area contributed by atoms with Crippen LogP contribution in [0.1, 0.15) is 43.0 Å². The van der Waals surface area contributed by atoms with Gasteiger partial charge in [0.25, 0.3) is 5.91 Å². The molecular formula is C17H23N4O. The molecule has 0 spiro atoms. The fourth-order valence-electron chi connectivity index (χ4n) is 2.33. The summed E-state index contributed by atoms with van der Waals surface area (Å²) in [6.07, 6.45) is 4.40. The van der Waals surface area contributed by atoms with Crippen molar-refractivity contribution in [3.05, 3.63) is 54.1 Å². The largest absolute Gasteiger partial charge is 0.363 e. The minimum atomic E-state index is -0.544.